The summed E-state index contributed by atoms with van der Waals surface area (Å²) in [5.41, 5.74) is -0.269. The second-order valence-corrected chi connectivity index (χ2v) is 5.06. The minimum Gasteiger partial charge on any atom is -0.370 e. The first kappa shape index (κ1) is 13.5. The lowest BCUT2D eigenvalue weighted by Gasteiger charge is -2.37. The summed E-state index contributed by atoms with van der Waals surface area (Å²) >= 11 is 0. The molecule has 1 aliphatic carbocycles. The van der Waals surface area contributed by atoms with Gasteiger partial charge < -0.3 is 14.6 Å². The average Bonchev–Trinajstić information content (AvgIpc) is 2.75. The molecule has 0 amide bonds. The van der Waals surface area contributed by atoms with Gasteiger partial charge in [-0.25, -0.2) is 0 Å². The molecule has 0 aromatic carbocycles. The standard InChI is InChI=1S/C13H23N3O2/c1-4-14-10(2)6-7-11-15-12(16-18-11)13(17-3)8-5-9-13/h10,14H,4-9H2,1-3H3. The molecule has 1 saturated carbocycles. The Kier molecular flexibility index (Phi) is 4.35. The molecule has 1 aliphatic rings. The third-order valence-electron chi connectivity index (χ3n) is 3.77. The van der Waals surface area contributed by atoms with Crippen LogP contribution in [0.5, 0.6) is 0 Å². The largest absolute Gasteiger partial charge is 0.370 e. The van der Waals surface area contributed by atoms with Crippen LogP contribution >= 0.6 is 0 Å². The number of nitrogens with zero attached hydrogens (tertiary/aromatic N) is 2. The van der Waals surface area contributed by atoms with Crippen LogP contribution in [-0.2, 0) is 16.8 Å². The molecule has 1 unspecified atom stereocenters. The van der Waals surface area contributed by atoms with Crippen molar-refractivity contribution in [3.63, 3.8) is 0 Å². The molecule has 1 aromatic heterocycles. The SMILES string of the molecule is CCNC(C)CCc1nc(C2(OC)CCC2)no1. The Hall–Kier alpha value is -0.940. The molecule has 0 aliphatic heterocycles. The summed E-state index contributed by atoms with van der Waals surface area (Å²) in [5, 5.41) is 7.45. The lowest BCUT2D eigenvalue weighted by Crippen LogP contribution is -2.37. The molecule has 5 heteroatoms. The Morgan fingerprint density at radius 2 is 2.28 bits per heavy atom. The summed E-state index contributed by atoms with van der Waals surface area (Å²) in [5.74, 6) is 1.44. The summed E-state index contributed by atoms with van der Waals surface area (Å²) in [4.78, 5) is 4.48. The molecule has 1 fully saturated rings. The fraction of sp³-hybridized carbons (Fsp3) is 0.846. The topological polar surface area (TPSA) is 60.2 Å². The van der Waals surface area contributed by atoms with Gasteiger partial charge in [-0.1, -0.05) is 12.1 Å². The van der Waals surface area contributed by atoms with E-state index < -0.39 is 0 Å². The zero-order valence-corrected chi connectivity index (χ0v) is 11.5. The third kappa shape index (κ3) is 2.72. The van der Waals surface area contributed by atoms with E-state index in [2.05, 4.69) is 29.3 Å². The van der Waals surface area contributed by atoms with Crippen LogP contribution in [0.2, 0.25) is 0 Å². The third-order valence-corrected chi connectivity index (χ3v) is 3.77. The number of nitrogens with one attached hydrogen (secondary N) is 1. The van der Waals surface area contributed by atoms with Crippen molar-refractivity contribution >= 4 is 0 Å². The second-order valence-electron chi connectivity index (χ2n) is 5.06. The molecule has 0 spiro atoms. The van der Waals surface area contributed by atoms with Crippen molar-refractivity contribution in [1.82, 2.24) is 15.5 Å². The summed E-state index contributed by atoms with van der Waals surface area (Å²) in [6.45, 7) is 5.27. The maximum atomic E-state index is 5.54. The van der Waals surface area contributed by atoms with E-state index in [4.69, 9.17) is 9.26 Å². The fourth-order valence-electron chi connectivity index (χ4n) is 2.35. The van der Waals surface area contributed by atoms with Gasteiger partial charge in [0.25, 0.3) is 0 Å². The summed E-state index contributed by atoms with van der Waals surface area (Å²) in [7, 11) is 1.72. The zero-order valence-electron chi connectivity index (χ0n) is 11.5. The second kappa shape index (κ2) is 5.80. The molecule has 0 radical (unpaired) electrons. The lowest BCUT2D eigenvalue weighted by molar-refractivity contribution is -0.0858. The highest BCUT2D eigenvalue weighted by atomic mass is 16.5. The Bertz CT molecular complexity index is 369. The van der Waals surface area contributed by atoms with Gasteiger partial charge in [0.2, 0.25) is 11.7 Å². The van der Waals surface area contributed by atoms with Gasteiger partial charge in [-0.15, -0.1) is 0 Å². The molecule has 102 valence electrons. The van der Waals surface area contributed by atoms with Crippen LogP contribution in [0, 0.1) is 0 Å². The van der Waals surface area contributed by atoms with Crippen molar-refractivity contribution in [1.29, 1.82) is 0 Å². The van der Waals surface area contributed by atoms with Crippen molar-refractivity contribution in [3.8, 4) is 0 Å². The first-order valence-corrected chi connectivity index (χ1v) is 6.82. The molecule has 1 aromatic rings. The molecule has 18 heavy (non-hydrogen) atoms. The Morgan fingerprint density at radius 1 is 1.50 bits per heavy atom. The van der Waals surface area contributed by atoms with Crippen LogP contribution in [0.15, 0.2) is 4.52 Å². The van der Waals surface area contributed by atoms with E-state index in [1.807, 2.05) is 0 Å². The van der Waals surface area contributed by atoms with Crippen LogP contribution in [-0.4, -0.2) is 29.8 Å². The minimum atomic E-state index is -0.269. The zero-order chi connectivity index (χ0) is 13.0. The van der Waals surface area contributed by atoms with Gasteiger partial charge in [0.1, 0.15) is 5.60 Å². The van der Waals surface area contributed by atoms with Crippen molar-refractivity contribution in [2.45, 2.75) is 57.6 Å². The molecule has 0 saturated heterocycles. The summed E-state index contributed by atoms with van der Waals surface area (Å²) in [6, 6.07) is 0.477. The number of hydrogen-bond donors (Lipinski definition) is 1. The van der Waals surface area contributed by atoms with E-state index in [-0.39, 0.29) is 5.60 Å². The molecule has 1 N–H and O–H groups in total. The van der Waals surface area contributed by atoms with E-state index in [1.54, 1.807) is 7.11 Å². The van der Waals surface area contributed by atoms with Crippen molar-refractivity contribution in [3.05, 3.63) is 11.7 Å². The minimum absolute atomic E-state index is 0.269. The monoisotopic (exact) mass is 253 g/mol. The number of hydrogen-bond acceptors (Lipinski definition) is 5. The van der Waals surface area contributed by atoms with Crippen LogP contribution in [0.3, 0.4) is 0 Å². The van der Waals surface area contributed by atoms with E-state index in [0.29, 0.717) is 6.04 Å². The number of ether oxygens (including phenoxy) is 1. The number of methoxy groups -OCH3 is 1. The van der Waals surface area contributed by atoms with Gasteiger partial charge in [-0.3, -0.25) is 0 Å². The van der Waals surface area contributed by atoms with Gasteiger partial charge in [-0.05, 0) is 39.2 Å². The number of rotatable bonds is 7. The smallest absolute Gasteiger partial charge is 0.226 e. The lowest BCUT2D eigenvalue weighted by atomic mass is 9.79. The normalized spacial score (nSPS) is 19.5. The highest BCUT2D eigenvalue weighted by Crippen LogP contribution is 2.42. The van der Waals surface area contributed by atoms with Crippen LogP contribution < -0.4 is 5.32 Å². The predicted molar refractivity (Wildman–Crippen MR) is 68.3 cm³/mol. The van der Waals surface area contributed by atoms with E-state index >= 15 is 0 Å². The maximum Gasteiger partial charge on any atom is 0.226 e. The maximum absolute atomic E-state index is 5.54. The quantitative estimate of drug-likeness (QED) is 0.805. The van der Waals surface area contributed by atoms with Crippen molar-refractivity contribution in [2.24, 2.45) is 0 Å². The van der Waals surface area contributed by atoms with Crippen molar-refractivity contribution < 1.29 is 9.26 Å². The fourth-order valence-corrected chi connectivity index (χ4v) is 2.35. The van der Waals surface area contributed by atoms with Gasteiger partial charge in [-0.2, -0.15) is 4.98 Å². The first-order chi connectivity index (χ1) is 8.70. The van der Waals surface area contributed by atoms with Crippen molar-refractivity contribution in [2.75, 3.05) is 13.7 Å². The summed E-state index contributed by atoms with van der Waals surface area (Å²) in [6.07, 6.45) is 5.00. The van der Waals surface area contributed by atoms with Gasteiger partial charge in [0, 0.05) is 19.6 Å². The van der Waals surface area contributed by atoms with Gasteiger partial charge in [0.15, 0.2) is 0 Å². The van der Waals surface area contributed by atoms with Crippen LogP contribution in [0.25, 0.3) is 0 Å². The molecular formula is C13H23N3O2. The van der Waals surface area contributed by atoms with E-state index in [9.17, 15) is 0 Å². The molecule has 5 nitrogen and oxygen atoms in total. The van der Waals surface area contributed by atoms with E-state index in [0.717, 1.165) is 43.9 Å². The molecule has 1 heterocycles. The Balaban J connectivity index is 1.90. The number of aryl methyl sites for hydroxylation is 1. The van der Waals surface area contributed by atoms with E-state index in [1.165, 1.54) is 6.42 Å². The van der Waals surface area contributed by atoms with Crippen LogP contribution in [0.1, 0.15) is 51.2 Å². The first-order valence-electron chi connectivity index (χ1n) is 6.82. The van der Waals surface area contributed by atoms with Crippen LogP contribution in [0.4, 0.5) is 0 Å². The molecule has 2 rings (SSSR count). The summed E-state index contributed by atoms with van der Waals surface area (Å²) < 4.78 is 10.8. The highest BCUT2D eigenvalue weighted by molar-refractivity contribution is 5.06. The molecular weight excluding hydrogens is 230 g/mol. The molecule has 0 bridgehead atoms. The Morgan fingerprint density at radius 3 is 2.83 bits per heavy atom. The Labute approximate surface area is 108 Å². The van der Waals surface area contributed by atoms with Gasteiger partial charge >= 0.3 is 0 Å². The van der Waals surface area contributed by atoms with Gasteiger partial charge in [0.05, 0.1) is 0 Å². The molecule has 1 atom stereocenters. The highest BCUT2D eigenvalue weighted by Gasteiger charge is 2.43. The predicted octanol–water partition coefficient (Wildman–Crippen LogP) is 2.03. The average molecular weight is 253 g/mol. The number of aromatic nitrogens is 2.